The first kappa shape index (κ1) is 12.0. The van der Waals surface area contributed by atoms with Gasteiger partial charge in [0.2, 0.25) is 0 Å². The van der Waals surface area contributed by atoms with Crippen LogP contribution in [0.5, 0.6) is 0 Å². The number of ether oxygens (including phenoxy) is 1. The van der Waals surface area contributed by atoms with Crippen molar-refractivity contribution < 1.29 is 9.84 Å². The lowest BCUT2D eigenvalue weighted by Gasteiger charge is -2.23. The minimum absolute atomic E-state index is 0.00966. The van der Waals surface area contributed by atoms with E-state index in [1.165, 1.54) is 0 Å². The van der Waals surface area contributed by atoms with Crippen LogP contribution in [-0.2, 0) is 4.74 Å². The Hall–Kier alpha value is -0.960. The van der Waals surface area contributed by atoms with Gasteiger partial charge in [0.25, 0.3) is 0 Å². The molecule has 3 nitrogen and oxygen atoms in total. The second-order valence-corrected chi connectivity index (χ2v) is 3.26. The van der Waals surface area contributed by atoms with Gasteiger partial charge in [0, 0.05) is 13.2 Å². The van der Waals surface area contributed by atoms with Crippen LogP contribution in [0, 0.1) is 5.92 Å². The zero-order valence-corrected chi connectivity index (χ0v) is 8.63. The first-order chi connectivity index (χ1) is 5.99. The summed E-state index contributed by atoms with van der Waals surface area (Å²) in [6.45, 7) is 11.8. The predicted molar refractivity (Wildman–Crippen MR) is 54.5 cm³/mol. The van der Waals surface area contributed by atoms with Crippen LogP contribution < -0.4 is 5.32 Å². The summed E-state index contributed by atoms with van der Waals surface area (Å²) >= 11 is 0. The van der Waals surface area contributed by atoms with E-state index in [1.807, 2.05) is 13.8 Å². The van der Waals surface area contributed by atoms with Gasteiger partial charge in [-0.05, 0) is 25.0 Å². The standard InChI is InChI=1S/C10H19NO2/c1-7(6-13-5)8(2)9(3)11-10(4)12/h8-9,11-12H,1,4,6H2,2-3,5H3. The monoisotopic (exact) mass is 185 g/mol. The van der Waals surface area contributed by atoms with Crippen molar-refractivity contribution in [3.8, 4) is 0 Å². The Morgan fingerprint density at radius 3 is 2.38 bits per heavy atom. The molecule has 76 valence electrons. The number of aliphatic hydroxyl groups excluding tert-OH is 1. The van der Waals surface area contributed by atoms with Gasteiger partial charge in [-0.25, -0.2) is 0 Å². The zero-order chi connectivity index (χ0) is 10.4. The summed E-state index contributed by atoms with van der Waals surface area (Å²) in [5, 5.41) is 11.7. The molecule has 2 unspecified atom stereocenters. The smallest absolute Gasteiger partial charge is 0.176 e. The summed E-state index contributed by atoms with van der Waals surface area (Å²) in [6.07, 6.45) is 0. The molecule has 3 heteroatoms. The molecule has 0 aliphatic heterocycles. The lowest BCUT2D eigenvalue weighted by molar-refractivity contribution is 0.212. The quantitative estimate of drug-likeness (QED) is 0.490. The van der Waals surface area contributed by atoms with E-state index < -0.39 is 0 Å². The van der Waals surface area contributed by atoms with Gasteiger partial charge in [-0.1, -0.05) is 13.5 Å². The molecule has 0 saturated carbocycles. The minimum Gasteiger partial charge on any atom is -0.495 e. The molecule has 0 spiro atoms. The first-order valence-electron chi connectivity index (χ1n) is 4.30. The molecule has 0 radical (unpaired) electrons. The van der Waals surface area contributed by atoms with Crippen LogP contribution in [0.2, 0.25) is 0 Å². The van der Waals surface area contributed by atoms with E-state index >= 15 is 0 Å². The Bertz CT molecular complexity index is 189. The molecule has 13 heavy (non-hydrogen) atoms. The van der Waals surface area contributed by atoms with Gasteiger partial charge in [-0.2, -0.15) is 0 Å². The van der Waals surface area contributed by atoms with E-state index in [2.05, 4.69) is 18.5 Å². The first-order valence-corrected chi connectivity index (χ1v) is 4.30. The highest BCUT2D eigenvalue weighted by atomic mass is 16.5. The fourth-order valence-corrected chi connectivity index (χ4v) is 1.06. The van der Waals surface area contributed by atoms with Crippen molar-refractivity contribution in [2.75, 3.05) is 13.7 Å². The number of aliphatic hydroxyl groups is 1. The predicted octanol–water partition coefficient (Wildman–Crippen LogP) is 1.83. The van der Waals surface area contributed by atoms with Crippen molar-refractivity contribution in [2.45, 2.75) is 19.9 Å². The minimum atomic E-state index is -0.00966. The molecule has 0 aromatic rings. The van der Waals surface area contributed by atoms with E-state index in [1.54, 1.807) is 7.11 Å². The molecular weight excluding hydrogens is 166 g/mol. The van der Waals surface area contributed by atoms with E-state index in [0.29, 0.717) is 6.61 Å². The highest BCUT2D eigenvalue weighted by molar-refractivity contribution is 5.04. The van der Waals surface area contributed by atoms with Crippen LogP contribution in [0.15, 0.2) is 24.6 Å². The topological polar surface area (TPSA) is 41.5 Å². The summed E-state index contributed by atoms with van der Waals surface area (Å²) in [6, 6.07) is 0.111. The number of hydrogen-bond acceptors (Lipinski definition) is 3. The molecule has 0 rings (SSSR count). The molecule has 0 fully saturated rings. The average molecular weight is 185 g/mol. The lowest BCUT2D eigenvalue weighted by atomic mass is 9.96. The number of methoxy groups -OCH3 is 1. The van der Waals surface area contributed by atoms with Gasteiger partial charge < -0.3 is 15.2 Å². The Morgan fingerprint density at radius 2 is 2.00 bits per heavy atom. The third-order valence-corrected chi connectivity index (χ3v) is 2.12. The molecule has 0 aliphatic rings. The molecular formula is C10H19NO2. The molecule has 2 N–H and O–H groups in total. The average Bonchev–Trinajstić information content (AvgIpc) is 2.02. The van der Waals surface area contributed by atoms with Gasteiger partial charge in [0.05, 0.1) is 6.61 Å². The Balaban J connectivity index is 4.00. The normalized spacial score (nSPS) is 14.7. The second-order valence-electron chi connectivity index (χ2n) is 3.26. The van der Waals surface area contributed by atoms with E-state index in [-0.39, 0.29) is 17.8 Å². The second kappa shape index (κ2) is 5.65. The third-order valence-electron chi connectivity index (χ3n) is 2.12. The molecule has 0 bridgehead atoms. The molecule has 0 aromatic heterocycles. The highest BCUT2D eigenvalue weighted by Crippen LogP contribution is 2.13. The van der Waals surface area contributed by atoms with Crippen molar-refractivity contribution in [1.29, 1.82) is 0 Å². The molecule has 2 atom stereocenters. The highest BCUT2D eigenvalue weighted by Gasteiger charge is 2.14. The van der Waals surface area contributed by atoms with Gasteiger partial charge in [-0.3, -0.25) is 0 Å². The van der Waals surface area contributed by atoms with E-state index in [0.717, 1.165) is 5.57 Å². The van der Waals surface area contributed by atoms with Gasteiger partial charge >= 0.3 is 0 Å². The van der Waals surface area contributed by atoms with Crippen molar-refractivity contribution in [3.63, 3.8) is 0 Å². The summed E-state index contributed by atoms with van der Waals surface area (Å²) < 4.78 is 4.97. The maximum Gasteiger partial charge on any atom is 0.176 e. The fourth-order valence-electron chi connectivity index (χ4n) is 1.06. The van der Waals surface area contributed by atoms with Crippen molar-refractivity contribution >= 4 is 0 Å². The van der Waals surface area contributed by atoms with Crippen molar-refractivity contribution in [3.05, 3.63) is 24.6 Å². The van der Waals surface area contributed by atoms with Crippen molar-refractivity contribution in [1.82, 2.24) is 5.32 Å². The largest absolute Gasteiger partial charge is 0.495 e. The maximum atomic E-state index is 8.92. The third kappa shape index (κ3) is 4.58. The van der Waals surface area contributed by atoms with Gasteiger partial charge in [0.15, 0.2) is 5.88 Å². The molecule has 0 heterocycles. The maximum absolute atomic E-state index is 8.92. The molecule has 0 amide bonds. The number of rotatable bonds is 6. The van der Waals surface area contributed by atoms with Gasteiger partial charge in [0.1, 0.15) is 0 Å². The number of hydrogen-bond donors (Lipinski definition) is 2. The Morgan fingerprint density at radius 1 is 1.46 bits per heavy atom. The van der Waals surface area contributed by atoms with Crippen LogP contribution in [0.1, 0.15) is 13.8 Å². The van der Waals surface area contributed by atoms with Crippen LogP contribution in [-0.4, -0.2) is 24.9 Å². The van der Waals surface area contributed by atoms with Crippen molar-refractivity contribution in [2.24, 2.45) is 5.92 Å². The molecule has 0 aromatic carbocycles. The van der Waals surface area contributed by atoms with Crippen LogP contribution in [0.25, 0.3) is 0 Å². The molecule has 0 saturated heterocycles. The number of nitrogens with one attached hydrogen (secondary N) is 1. The SMILES string of the molecule is C=C(O)NC(C)C(C)C(=C)COC. The van der Waals surface area contributed by atoms with Crippen LogP contribution in [0.3, 0.4) is 0 Å². The molecule has 0 aliphatic carbocycles. The van der Waals surface area contributed by atoms with Gasteiger partial charge in [-0.15, -0.1) is 0 Å². The summed E-state index contributed by atoms with van der Waals surface area (Å²) in [7, 11) is 1.64. The lowest BCUT2D eigenvalue weighted by Crippen LogP contribution is -2.32. The summed E-state index contributed by atoms with van der Waals surface area (Å²) in [5.74, 6) is 0.230. The summed E-state index contributed by atoms with van der Waals surface area (Å²) in [5.41, 5.74) is 1.00. The zero-order valence-electron chi connectivity index (χ0n) is 8.63. The Kier molecular flexibility index (Phi) is 5.23. The van der Waals surface area contributed by atoms with Crippen LogP contribution in [0.4, 0.5) is 0 Å². The van der Waals surface area contributed by atoms with E-state index in [9.17, 15) is 0 Å². The summed E-state index contributed by atoms with van der Waals surface area (Å²) in [4.78, 5) is 0. The van der Waals surface area contributed by atoms with E-state index in [4.69, 9.17) is 9.84 Å². The Labute approximate surface area is 80.1 Å². The van der Waals surface area contributed by atoms with Crippen LogP contribution >= 0.6 is 0 Å². The fraction of sp³-hybridized carbons (Fsp3) is 0.600.